The van der Waals surface area contributed by atoms with E-state index in [1.165, 1.54) is 52.1 Å². The SMILES string of the molecule is CC(C)N1CC2(CCN(C3CN(C(C)(C)C)C3)CC2)C1. The van der Waals surface area contributed by atoms with Crippen molar-refractivity contribution in [1.82, 2.24) is 14.7 Å². The second-order valence-corrected chi connectivity index (χ2v) is 8.76. The smallest absolute Gasteiger partial charge is 0.0350 e. The maximum Gasteiger partial charge on any atom is 0.0350 e. The van der Waals surface area contributed by atoms with Crippen LogP contribution in [0.2, 0.25) is 0 Å². The molecule has 0 aromatic heterocycles. The van der Waals surface area contributed by atoms with Gasteiger partial charge in [-0.3, -0.25) is 14.7 Å². The van der Waals surface area contributed by atoms with Crippen LogP contribution < -0.4 is 0 Å². The Labute approximate surface area is 125 Å². The van der Waals surface area contributed by atoms with E-state index in [-0.39, 0.29) is 0 Å². The Morgan fingerprint density at radius 3 is 2.00 bits per heavy atom. The third-order valence-corrected chi connectivity index (χ3v) is 5.99. The molecular formula is C17H33N3. The molecule has 3 aliphatic rings. The third kappa shape index (κ3) is 2.65. The van der Waals surface area contributed by atoms with Gasteiger partial charge in [-0.15, -0.1) is 0 Å². The molecule has 0 aromatic rings. The van der Waals surface area contributed by atoms with E-state index in [0.717, 1.165) is 12.1 Å². The third-order valence-electron chi connectivity index (χ3n) is 5.99. The Kier molecular flexibility index (Phi) is 3.67. The van der Waals surface area contributed by atoms with E-state index in [4.69, 9.17) is 0 Å². The summed E-state index contributed by atoms with van der Waals surface area (Å²) in [5.41, 5.74) is 1.05. The Balaban J connectivity index is 1.42. The number of piperidine rings is 1. The van der Waals surface area contributed by atoms with Crippen LogP contribution in [0.15, 0.2) is 0 Å². The van der Waals surface area contributed by atoms with Crippen LogP contribution in [0.1, 0.15) is 47.5 Å². The van der Waals surface area contributed by atoms with Gasteiger partial charge in [0.15, 0.2) is 0 Å². The van der Waals surface area contributed by atoms with Crippen molar-refractivity contribution >= 4 is 0 Å². The fraction of sp³-hybridized carbons (Fsp3) is 1.00. The van der Waals surface area contributed by atoms with E-state index in [9.17, 15) is 0 Å². The van der Waals surface area contributed by atoms with Crippen LogP contribution in [0.3, 0.4) is 0 Å². The maximum absolute atomic E-state index is 2.77. The van der Waals surface area contributed by atoms with Crippen molar-refractivity contribution in [2.24, 2.45) is 5.41 Å². The largest absolute Gasteiger partial charge is 0.300 e. The number of likely N-dealkylation sites (tertiary alicyclic amines) is 3. The molecule has 0 aromatic carbocycles. The molecule has 116 valence electrons. The predicted octanol–water partition coefficient (Wildman–Crippen LogP) is 2.28. The van der Waals surface area contributed by atoms with Crippen molar-refractivity contribution in [1.29, 1.82) is 0 Å². The minimum atomic E-state index is 0.360. The first-order valence-electron chi connectivity index (χ1n) is 8.52. The summed E-state index contributed by atoms with van der Waals surface area (Å²) in [6, 6.07) is 1.58. The van der Waals surface area contributed by atoms with Crippen LogP contribution >= 0.6 is 0 Å². The molecule has 0 amide bonds. The second kappa shape index (κ2) is 4.96. The lowest BCUT2D eigenvalue weighted by atomic mass is 9.71. The highest BCUT2D eigenvalue weighted by Gasteiger charge is 2.47. The van der Waals surface area contributed by atoms with Gasteiger partial charge in [0.25, 0.3) is 0 Å². The van der Waals surface area contributed by atoms with Crippen LogP contribution in [-0.4, -0.2) is 71.6 Å². The molecule has 0 saturated carbocycles. The molecule has 3 aliphatic heterocycles. The average molecular weight is 279 g/mol. The monoisotopic (exact) mass is 279 g/mol. The molecule has 20 heavy (non-hydrogen) atoms. The van der Waals surface area contributed by atoms with Gasteiger partial charge in [0, 0.05) is 43.8 Å². The fourth-order valence-electron chi connectivity index (χ4n) is 4.09. The van der Waals surface area contributed by atoms with E-state index < -0.39 is 0 Å². The Bertz CT molecular complexity index is 336. The Morgan fingerprint density at radius 2 is 1.55 bits per heavy atom. The first-order chi connectivity index (χ1) is 9.29. The van der Waals surface area contributed by atoms with Crippen LogP contribution in [0.4, 0.5) is 0 Å². The van der Waals surface area contributed by atoms with Crippen LogP contribution in [0.25, 0.3) is 0 Å². The zero-order valence-corrected chi connectivity index (χ0v) is 14.2. The van der Waals surface area contributed by atoms with Crippen LogP contribution in [0.5, 0.6) is 0 Å². The standard InChI is InChI=1S/C17H33N3/c1-14(2)19-12-17(13-19)6-8-18(9-7-17)15-10-20(11-15)16(3,4)5/h14-15H,6-13H2,1-5H3. The highest BCUT2D eigenvalue weighted by atomic mass is 15.3. The summed E-state index contributed by atoms with van der Waals surface area (Å²) in [5, 5.41) is 0. The highest BCUT2D eigenvalue weighted by molar-refractivity contribution is 5.02. The molecule has 3 heteroatoms. The molecule has 0 radical (unpaired) electrons. The molecule has 0 bridgehead atoms. The molecular weight excluding hydrogens is 246 g/mol. The molecule has 0 atom stereocenters. The Morgan fingerprint density at radius 1 is 1.00 bits per heavy atom. The summed E-state index contributed by atoms with van der Waals surface area (Å²) in [6.45, 7) is 19.6. The minimum absolute atomic E-state index is 0.360. The van der Waals surface area contributed by atoms with E-state index in [2.05, 4.69) is 49.3 Å². The quantitative estimate of drug-likeness (QED) is 0.768. The summed E-state index contributed by atoms with van der Waals surface area (Å²) in [6.07, 6.45) is 2.87. The fourth-order valence-corrected chi connectivity index (χ4v) is 4.09. The molecule has 3 saturated heterocycles. The van der Waals surface area contributed by atoms with Crippen molar-refractivity contribution in [2.45, 2.75) is 65.1 Å². The lowest BCUT2D eigenvalue weighted by Crippen LogP contribution is -2.68. The lowest BCUT2D eigenvalue weighted by molar-refractivity contribution is -0.0911. The zero-order chi connectivity index (χ0) is 14.5. The minimum Gasteiger partial charge on any atom is -0.300 e. The molecule has 3 heterocycles. The predicted molar refractivity (Wildman–Crippen MR) is 85.1 cm³/mol. The second-order valence-electron chi connectivity index (χ2n) is 8.76. The normalized spacial score (nSPS) is 29.7. The van der Waals surface area contributed by atoms with Gasteiger partial charge in [0.05, 0.1) is 0 Å². The van der Waals surface area contributed by atoms with Gasteiger partial charge in [0.2, 0.25) is 0 Å². The molecule has 1 spiro atoms. The summed E-state index contributed by atoms with van der Waals surface area (Å²) < 4.78 is 0. The molecule has 0 aliphatic carbocycles. The van der Waals surface area contributed by atoms with E-state index in [0.29, 0.717) is 11.0 Å². The van der Waals surface area contributed by atoms with Crippen LogP contribution in [0, 0.1) is 5.41 Å². The zero-order valence-electron chi connectivity index (χ0n) is 14.2. The summed E-state index contributed by atoms with van der Waals surface area (Å²) in [5.74, 6) is 0. The van der Waals surface area contributed by atoms with Gasteiger partial charge >= 0.3 is 0 Å². The molecule has 3 nitrogen and oxygen atoms in total. The lowest BCUT2D eigenvalue weighted by Gasteiger charge is -2.58. The first kappa shape index (κ1) is 14.8. The maximum atomic E-state index is 2.77. The van der Waals surface area contributed by atoms with E-state index in [1.807, 2.05) is 0 Å². The van der Waals surface area contributed by atoms with Gasteiger partial charge in [-0.2, -0.15) is 0 Å². The van der Waals surface area contributed by atoms with Gasteiger partial charge in [0.1, 0.15) is 0 Å². The number of rotatable bonds is 2. The number of hydrogen-bond donors (Lipinski definition) is 0. The van der Waals surface area contributed by atoms with Crippen molar-refractivity contribution in [3.8, 4) is 0 Å². The van der Waals surface area contributed by atoms with E-state index in [1.54, 1.807) is 0 Å². The van der Waals surface area contributed by atoms with Crippen molar-refractivity contribution in [3.05, 3.63) is 0 Å². The molecule has 3 rings (SSSR count). The molecule has 0 N–H and O–H groups in total. The van der Waals surface area contributed by atoms with Crippen molar-refractivity contribution < 1.29 is 0 Å². The van der Waals surface area contributed by atoms with Gasteiger partial charge < -0.3 is 0 Å². The summed E-state index contributed by atoms with van der Waals surface area (Å²) in [4.78, 5) is 8.03. The topological polar surface area (TPSA) is 9.72 Å². The molecule has 0 unspecified atom stereocenters. The Hall–Kier alpha value is -0.120. The molecule has 3 fully saturated rings. The number of nitrogens with zero attached hydrogens (tertiary/aromatic N) is 3. The van der Waals surface area contributed by atoms with Crippen molar-refractivity contribution in [3.63, 3.8) is 0 Å². The van der Waals surface area contributed by atoms with E-state index >= 15 is 0 Å². The number of hydrogen-bond acceptors (Lipinski definition) is 3. The first-order valence-corrected chi connectivity index (χ1v) is 8.52. The summed E-state index contributed by atoms with van der Waals surface area (Å²) in [7, 11) is 0. The van der Waals surface area contributed by atoms with Gasteiger partial charge in [-0.05, 0) is 66.0 Å². The van der Waals surface area contributed by atoms with Gasteiger partial charge in [-0.25, -0.2) is 0 Å². The highest BCUT2D eigenvalue weighted by Crippen LogP contribution is 2.42. The van der Waals surface area contributed by atoms with Crippen molar-refractivity contribution in [2.75, 3.05) is 39.3 Å². The average Bonchev–Trinajstić information content (AvgIpc) is 2.22. The van der Waals surface area contributed by atoms with Gasteiger partial charge in [-0.1, -0.05) is 0 Å². The summed E-state index contributed by atoms with van der Waals surface area (Å²) >= 11 is 0. The van der Waals surface area contributed by atoms with Crippen LogP contribution in [-0.2, 0) is 0 Å².